The van der Waals surface area contributed by atoms with Crippen LogP contribution in [0.25, 0.3) is 10.8 Å². The van der Waals surface area contributed by atoms with Crippen molar-refractivity contribution in [2.75, 3.05) is 39.4 Å². The van der Waals surface area contributed by atoms with Gasteiger partial charge in [0.25, 0.3) is 0 Å². The van der Waals surface area contributed by atoms with Crippen LogP contribution < -0.4 is 14.8 Å². The van der Waals surface area contributed by atoms with Crippen LogP contribution in [0.1, 0.15) is 32.6 Å². The van der Waals surface area contributed by atoms with Crippen molar-refractivity contribution in [3.05, 3.63) is 66.7 Å². The lowest BCUT2D eigenvalue weighted by atomic mass is 9.88. The van der Waals surface area contributed by atoms with E-state index >= 15 is 0 Å². The molecule has 2 heterocycles. The number of hydrogen-bond acceptors (Lipinski definition) is 8. The molecule has 0 amide bonds. The minimum absolute atomic E-state index is 0.000792. The van der Waals surface area contributed by atoms with Gasteiger partial charge >= 0.3 is 0 Å². The molecule has 2 atom stereocenters. The summed E-state index contributed by atoms with van der Waals surface area (Å²) >= 11 is 0. The highest BCUT2D eigenvalue weighted by molar-refractivity contribution is 7.89. The highest BCUT2D eigenvalue weighted by Crippen LogP contribution is 2.37. The van der Waals surface area contributed by atoms with Crippen molar-refractivity contribution >= 4 is 30.8 Å². The van der Waals surface area contributed by atoms with Crippen LogP contribution in [0, 0.1) is 0 Å². The van der Waals surface area contributed by atoms with Gasteiger partial charge < -0.3 is 19.9 Å². The van der Waals surface area contributed by atoms with Gasteiger partial charge in [0, 0.05) is 38.3 Å². The Kier molecular flexibility index (Phi) is 9.53. The molecule has 12 heteroatoms. The van der Waals surface area contributed by atoms with Crippen molar-refractivity contribution < 1.29 is 31.4 Å². The summed E-state index contributed by atoms with van der Waals surface area (Å²) in [6.07, 6.45) is 1.82. The van der Waals surface area contributed by atoms with E-state index in [2.05, 4.69) is 10.0 Å². The number of nitrogens with one attached hydrogen (secondary N) is 2. The van der Waals surface area contributed by atoms with Gasteiger partial charge in [0.15, 0.2) is 0 Å². The molecule has 3 aromatic carbocycles. The smallest absolute Gasteiger partial charge is 0.243 e. The molecule has 2 fully saturated rings. The zero-order valence-corrected chi connectivity index (χ0v) is 25.4. The summed E-state index contributed by atoms with van der Waals surface area (Å²) < 4.78 is 67.4. The maximum absolute atomic E-state index is 13.3. The molecule has 42 heavy (non-hydrogen) atoms. The lowest BCUT2D eigenvalue weighted by molar-refractivity contribution is -0.0312. The number of rotatable bonds is 12. The van der Waals surface area contributed by atoms with Gasteiger partial charge in [0.1, 0.15) is 18.5 Å². The second-order valence-electron chi connectivity index (χ2n) is 11.1. The summed E-state index contributed by atoms with van der Waals surface area (Å²) in [7, 11) is -7.21. The molecule has 2 saturated heterocycles. The molecule has 0 bridgehead atoms. The lowest BCUT2D eigenvalue weighted by Crippen LogP contribution is -2.47. The number of aliphatic hydroxyl groups is 1. The highest BCUT2D eigenvalue weighted by atomic mass is 32.2. The number of benzene rings is 3. The van der Waals surface area contributed by atoms with Crippen LogP contribution in [-0.2, 0) is 24.8 Å². The van der Waals surface area contributed by atoms with Gasteiger partial charge in [-0.3, -0.25) is 0 Å². The fraction of sp³-hybridized carbons (Fsp3) is 0.467. The predicted molar refractivity (Wildman–Crippen MR) is 160 cm³/mol. The molecule has 3 N–H and O–H groups in total. The average molecular weight is 618 g/mol. The van der Waals surface area contributed by atoms with Crippen molar-refractivity contribution in [3.8, 4) is 5.75 Å². The topological polar surface area (TPSA) is 134 Å². The van der Waals surface area contributed by atoms with E-state index in [1.807, 2.05) is 37.3 Å². The van der Waals surface area contributed by atoms with Crippen molar-refractivity contribution in [2.45, 2.75) is 60.1 Å². The minimum Gasteiger partial charge on any atom is -0.491 e. The van der Waals surface area contributed by atoms with E-state index in [-0.39, 0.29) is 29.7 Å². The summed E-state index contributed by atoms with van der Waals surface area (Å²) in [6, 6.07) is 19.2. The third kappa shape index (κ3) is 7.13. The molecule has 0 radical (unpaired) electrons. The maximum atomic E-state index is 13.3. The van der Waals surface area contributed by atoms with Crippen molar-refractivity contribution in [1.82, 2.24) is 14.3 Å². The molecule has 2 aliphatic rings. The molecule has 228 valence electrons. The lowest BCUT2D eigenvalue weighted by Gasteiger charge is -2.38. The Hall–Kier alpha value is -2.58. The van der Waals surface area contributed by atoms with Crippen LogP contribution in [0.15, 0.2) is 76.5 Å². The Labute approximate surface area is 248 Å². The Morgan fingerprint density at radius 2 is 1.76 bits per heavy atom. The Balaban J connectivity index is 1.08. The Bertz CT molecular complexity index is 1590. The van der Waals surface area contributed by atoms with Crippen LogP contribution in [-0.4, -0.2) is 83.4 Å². The van der Waals surface area contributed by atoms with Gasteiger partial charge in [-0.25, -0.2) is 21.6 Å². The molecule has 0 aromatic heterocycles. The summed E-state index contributed by atoms with van der Waals surface area (Å²) in [5.41, 5.74) is -0.383. The van der Waals surface area contributed by atoms with E-state index in [4.69, 9.17) is 9.47 Å². The van der Waals surface area contributed by atoms with E-state index in [1.165, 1.54) is 12.1 Å². The molecule has 3 aromatic rings. The molecule has 2 aliphatic heterocycles. The standard InChI is InChI=1S/C30H39N3O7S2/c1-2-14-32-41(35,36)28-9-5-8-27(18-28)39-22-26(34)20-31-25-19-30(40-21-25)12-15-33(16-13-30)42(37,38)29-11-10-23-6-3-4-7-24(23)17-29/h3-11,17-18,25-26,31-32,34H,2,12-16,19-22H2,1H3. The summed E-state index contributed by atoms with van der Waals surface area (Å²) in [4.78, 5) is 0.423. The third-order valence-corrected chi connectivity index (χ3v) is 11.3. The molecule has 0 aliphatic carbocycles. The number of hydrogen-bond donors (Lipinski definition) is 3. The second kappa shape index (κ2) is 13.0. The van der Waals surface area contributed by atoms with E-state index in [0.717, 1.165) is 17.2 Å². The van der Waals surface area contributed by atoms with Gasteiger partial charge in [0.2, 0.25) is 20.0 Å². The van der Waals surface area contributed by atoms with Crippen LogP contribution in [0.3, 0.4) is 0 Å². The number of ether oxygens (including phenoxy) is 2. The highest BCUT2D eigenvalue weighted by Gasteiger charge is 2.44. The van der Waals surface area contributed by atoms with Crippen molar-refractivity contribution in [2.24, 2.45) is 0 Å². The quantitative estimate of drug-likeness (QED) is 0.283. The van der Waals surface area contributed by atoms with Crippen LogP contribution >= 0.6 is 0 Å². The monoisotopic (exact) mass is 617 g/mol. The molecule has 2 unspecified atom stereocenters. The zero-order chi connectivity index (χ0) is 29.8. The number of nitrogens with zero attached hydrogens (tertiary/aromatic N) is 1. The Morgan fingerprint density at radius 3 is 2.52 bits per heavy atom. The first-order valence-electron chi connectivity index (χ1n) is 14.4. The van der Waals surface area contributed by atoms with Crippen LogP contribution in [0.4, 0.5) is 0 Å². The largest absolute Gasteiger partial charge is 0.491 e. The van der Waals surface area contributed by atoms with E-state index in [0.29, 0.717) is 56.1 Å². The molecular weight excluding hydrogens is 578 g/mol. The van der Waals surface area contributed by atoms with Crippen molar-refractivity contribution in [3.63, 3.8) is 0 Å². The van der Waals surface area contributed by atoms with Crippen LogP contribution in [0.5, 0.6) is 5.75 Å². The number of sulfonamides is 2. The maximum Gasteiger partial charge on any atom is 0.243 e. The SMILES string of the molecule is CCCNS(=O)(=O)c1cccc(OCC(O)CNC2COC3(CCN(S(=O)(=O)c4ccc5ccccc5c4)CC3)C2)c1. The summed E-state index contributed by atoms with van der Waals surface area (Å²) in [5, 5.41) is 15.7. The first kappa shape index (κ1) is 30.9. The van der Waals surface area contributed by atoms with Gasteiger partial charge in [0.05, 0.1) is 22.0 Å². The zero-order valence-electron chi connectivity index (χ0n) is 23.7. The van der Waals surface area contributed by atoms with Crippen LogP contribution in [0.2, 0.25) is 0 Å². The molecule has 5 rings (SSSR count). The Morgan fingerprint density at radius 1 is 1.00 bits per heavy atom. The first-order valence-corrected chi connectivity index (χ1v) is 17.3. The number of piperidine rings is 1. The van der Waals surface area contributed by atoms with Gasteiger partial charge in [-0.05, 0) is 60.7 Å². The van der Waals surface area contributed by atoms with Gasteiger partial charge in [-0.15, -0.1) is 0 Å². The molecule has 10 nitrogen and oxygen atoms in total. The van der Waals surface area contributed by atoms with E-state index in [1.54, 1.807) is 28.6 Å². The minimum atomic E-state index is -3.61. The summed E-state index contributed by atoms with van der Waals surface area (Å²) in [6.45, 7) is 3.78. The number of aliphatic hydroxyl groups excluding tert-OH is 1. The van der Waals surface area contributed by atoms with E-state index in [9.17, 15) is 21.9 Å². The van der Waals surface area contributed by atoms with E-state index < -0.39 is 26.2 Å². The molecule has 0 saturated carbocycles. The number of fused-ring (bicyclic) bond motifs is 1. The second-order valence-corrected chi connectivity index (χ2v) is 14.8. The fourth-order valence-electron chi connectivity index (χ4n) is 5.54. The predicted octanol–water partition coefficient (Wildman–Crippen LogP) is 2.87. The van der Waals surface area contributed by atoms with Gasteiger partial charge in [-0.2, -0.15) is 4.31 Å². The molecular formula is C30H39N3O7S2. The molecule has 1 spiro atoms. The summed E-state index contributed by atoms with van der Waals surface area (Å²) in [5.74, 6) is 0.363. The fourth-order valence-corrected chi connectivity index (χ4v) is 8.19. The first-order chi connectivity index (χ1) is 20.1. The van der Waals surface area contributed by atoms with Gasteiger partial charge in [-0.1, -0.05) is 43.3 Å². The normalized spacial score (nSPS) is 20.2. The van der Waals surface area contributed by atoms with Crippen molar-refractivity contribution in [1.29, 1.82) is 0 Å². The third-order valence-electron chi connectivity index (χ3n) is 7.94. The average Bonchev–Trinajstić information content (AvgIpc) is 3.40.